The lowest BCUT2D eigenvalue weighted by molar-refractivity contribution is -0.154. The van der Waals surface area contributed by atoms with Gasteiger partial charge in [0, 0.05) is 43.0 Å². The van der Waals surface area contributed by atoms with E-state index >= 15 is 0 Å². The number of benzene rings is 2. The minimum atomic E-state index is -0.319. The minimum Gasteiger partial charge on any atom is -0.493 e. The van der Waals surface area contributed by atoms with Gasteiger partial charge < -0.3 is 28.4 Å². The third-order valence-electron chi connectivity index (χ3n) is 8.10. The highest BCUT2D eigenvalue weighted by molar-refractivity contribution is 5.60. The van der Waals surface area contributed by atoms with Gasteiger partial charge in [-0.3, -0.25) is 4.90 Å². The maximum Gasteiger partial charge on any atom is 0.231 e. The van der Waals surface area contributed by atoms with Gasteiger partial charge in [0.1, 0.15) is 5.75 Å². The van der Waals surface area contributed by atoms with Crippen molar-refractivity contribution >= 4 is 0 Å². The standard InChI is InChI=1S/C27H33NO6/c1-29-23-12-17(13-24(30-2)26(23)31-3)25-18-14-21-22(33-16-32-21)15-20(18)34-27(28-10-6-7-11-28)9-5-4-8-19(25)27/h12-15,19,25H,4-11,16H2,1-3H3/t19-,25+,27-/m1/s1. The molecule has 2 aromatic rings. The second-order valence-electron chi connectivity index (χ2n) is 9.67. The van der Waals surface area contributed by atoms with E-state index in [1.807, 2.05) is 6.07 Å². The van der Waals surface area contributed by atoms with Crippen molar-refractivity contribution in [3.8, 4) is 34.5 Å². The molecule has 0 aromatic heterocycles. The normalized spacial score (nSPS) is 27.5. The second-order valence-corrected chi connectivity index (χ2v) is 9.67. The van der Waals surface area contributed by atoms with Crippen LogP contribution in [0.4, 0.5) is 0 Å². The molecule has 1 aliphatic carbocycles. The molecule has 6 rings (SSSR count). The molecule has 34 heavy (non-hydrogen) atoms. The van der Waals surface area contributed by atoms with Crippen LogP contribution in [0.15, 0.2) is 24.3 Å². The molecular weight excluding hydrogens is 434 g/mol. The lowest BCUT2D eigenvalue weighted by Crippen LogP contribution is -2.61. The Balaban J connectivity index is 1.57. The summed E-state index contributed by atoms with van der Waals surface area (Å²) in [5.74, 6) is 4.80. The summed E-state index contributed by atoms with van der Waals surface area (Å²) in [6, 6.07) is 8.36. The lowest BCUT2D eigenvalue weighted by Gasteiger charge is -2.55. The van der Waals surface area contributed by atoms with Crippen LogP contribution in [0.5, 0.6) is 34.5 Å². The highest BCUT2D eigenvalue weighted by Crippen LogP contribution is 2.58. The first-order valence-corrected chi connectivity index (χ1v) is 12.4. The van der Waals surface area contributed by atoms with Gasteiger partial charge in [-0.15, -0.1) is 0 Å². The third kappa shape index (κ3) is 3.20. The Bertz CT molecular complexity index is 1060. The SMILES string of the molecule is COc1cc([C@H]2c3cc4c(cc3O[C@]3(N5CCCC5)CCCC[C@H]23)OCO4)cc(OC)c1OC. The number of ether oxygens (including phenoxy) is 6. The van der Waals surface area contributed by atoms with Crippen LogP contribution in [-0.4, -0.2) is 51.8 Å². The summed E-state index contributed by atoms with van der Waals surface area (Å²) in [6.45, 7) is 2.41. The summed E-state index contributed by atoms with van der Waals surface area (Å²) >= 11 is 0. The molecule has 4 aliphatic rings. The molecule has 182 valence electrons. The molecule has 7 nitrogen and oxygen atoms in total. The molecular formula is C27H33NO6. The average molecular weight is 468 g/mol. The van der Waals surface area contributed by atoms with Gasteiger partial charge in [0.25, 0.3) is 0 Å². The zero-order valence-corrected chi connectivity index (χ0v) is 20.2. The first-order chi connectivity index (χ1) is 16.7. The lowest BCUT2D eigenvalue weighted by atomic mass is 9.66. The molecule has 0 amide bonds. The maximum atomic E-state index is 7.05. The topological polar surface area (TPSA) is 58.6 Å². The Morgan fingerprint density at radius 1 is 0.824 bits per heavy atom. The summed E-state index contributed by atoms with van der Waals surface area (Å²) in [5, 5.41) is 0. The van der Waals surface area contributed by atoms with Crippen LogP contribution in [0.2, 0.25) is 0 Å². The summed E-state index contributed by atoms with van der Waals surface area (Å²) < 4.78 is 35.7. The minimum absolute atomic E-state index is 0.104. The number of likely N-dealkylation sites (tertiary alicyclic amines) is 1. The molecule has 0 unspecified atom stereocenters. The molecule has 0 bridgehead atoms. The fourth-order valence-corrected chi connectivity index (χ4v) is 6.63. The Hall–Kier alpha value is -2.80. The molecule has 1 saturated heterocycles. The van der Waals surface area contributed by atoms with E-state index in [1.165, 1.54) is 25.7 Å². The molecule has 7 heteroatoms. The van der Waals surface area contributed by atoms with Gasteiger partial charge in [-0.05, 0) is 49.4 Å². The van der Waals surface area contributed by atoms with Gasteiger partial charge in [-0.2, -0.15) is 0 Å². The zero-order chi connectivity index (χ0) is 23.3. The highest BCUT2D eigenvalue weighted by Gasteiger charge is 2.55. The number of rotatable bonds is 5. The highest BCUT2D eigenvalue weighted by atomic mass is 16.7. The van der Waals surface area contributed by atoms with Crippen LogP contribution in [-0.2, 0) is 0 Å². The van der Waals surface area contributed by atoms with E-state index in [4.69, 9.17) is 28.4 Å². The van der Waals surface area contributed by atoms with Crippen LogP contribution in [0, 0.1) is 5.92 Å². The van der Waals surface area contributed by atoms with Gasteiger partial charge >= 0.3 is 0 Å². The number of hydrogen-bond acceptors (Lipinski definition) is 7. The summed E-state index contributed by atoms with van der Waals surface area (Å²) in [6.07, 6.45) is 6.96. The molecule has 3 heterocycles. The number of hydrogen-bond donors (Lipinski definition) is 0. The first kappa shape index (κ1) is 21.7. The Morgan fingerprint density at radius 2 is 1.53 bits per heavy atom. The molecule has 0 radical (unpaired) electrons. The van der Waals surface area contributed by atoms with Crippen LogP contribution in [0.25, 0.3) is 0 Å². The van der Waals surface area contributed by atoms with Crippen molar-refractivity contribution in [2.24, 2.45) is 5.92 Å². The van der Waals surface area contributed by atoms with Crippen molar-refractivity contribution in [3.63, 3.8) is 0 Å². The van der Waals surface area contributed by atoms with E-state index < -0.39 is 0 Å². The molecule has 2 fully saturated rings. The van der Waals surface area contributed by atoms with E-state index in [1.54, 1.807) is 21.3 Å². The molecule has 3 atom stereocenters. The number of methoxy groups -OCH3 is 3. The van der Waals surface area contributed by atoms with Crippen LogP contribution >= 0.6 is 0 Å². The van der Waals surface area contributed by atoms with Crippen molar-refractivity contribution < 1.29 is 28.4 Å². The number of fused-ring (bicyclic) bond motifs is 3. The summed E-state index contributed by atoms with van der Waals surface area (Å²) in [5.41, 5.74) is 1.97. The van der Waals surface area contributed by atoms with E-state index in [0.717, 1.165) is 54.3 Å². The molecule has 0 N–H and O–H groups in total. The van der Waals surface area contributed by atoms with E-state index in [2.05, 4.69) is 23.1 Å². The van der Waals surface area contributed by atoms with Crippen molar-refractivity contribution in [1.29, 1.82) is 0 Å². The first-order valence-electron chi connectivity index (χ1n) is 12.4. The van der Waals surface area contributed by atoms with E-state index in [9.17, 15) is 0 Å². The van der Waals surface area contributed by atoms with Crippen molar-refractivity contribution in [2.45, 2.75) is 50.2 Å². The fourth-order valence-electron chi connectivity index (χ4n) is 6.63. The Labute approximate surface area is 200 Å². The van der Waals surface area contributed by atoms with E-state index in [0.29, 0.717) is 23.2 Å². The average Bonchev–Trinajstić information content (AvgIpc) is 3.57. The van der Waals surface area contributed by atoms with Crippen LogP contribution in [0.3, 0.4) is 0 Å². The van der Waals surface area contributed by atoms with Crippen molar-refractivity contribution in [3.05, 3.63) is 35.4 Å². The maximum absolute atomic E-state index is 7.05. The Morgan fingerprint density at radius 3 is 2.21 bits per heavy atom. The summed E-state index contributed by atoms with van der Waals surface area (Å²) in [4.78, 5) is 2.61. The smallest absolute Gasteiger partial charge is 0.231 e. The predicted octanol–water partition coefficient (Wildman–Crippen LogP) is 4.95. The summed E-state index contributed by atoms with van der Waals surface area (Å²) in [7, 11) is 4.99. The monoisotopic (exact) mass is 467 g/mol. The van der Waals surface area contributed by atoms with Gasteiger partial charge in [-0.25, -0.2) is 0 Å². The molecule has 0 spiro atoms. The largest absolute Gasteiger partial charge is 0.493 e. The van der Waals surface area contributed by atoms with Crippen LogP contribution in [0.1, 0.15) is 55.6 Å². The van der Waals surface area contributed by atoms with Gasteiger partial charge in [-0.1, -0.05) is 6.42 Å². The molecule has 1 saturated carbocycles. The van der Waals surface area contributed by atoms with Crippen LogP contribution < -0.4 is 28.4 Å². The third-order valence-corrected chi connectivity index (χ3v) is 8.10. The zero-order valence-electron chi connectivity index (χ0n) is 20.2. The van der Waals surface area contributed by atoms with Gasteiger partial charge in [0.15, 0.2) is 28.7 Å². The predicted molar refractivity (Wildman–Crippen MR) is 127 cm³/mol. The van der Waals surface area contributed by atoms with Gasteiger partial charge in [0.05, 0.1) is 21.3 Å². The number of nitrogens with zero attached hydrogens (tertiary/aromatic N) is 1. The van der Waals surface area contributed by atoms with Gasteiger partial charge in [0.2, 0.25) is 12.5 Å². The quantitative estimate of drug-likeness (QED) is 0.617. The van der Waals surface area contributed by atoms with Crippen molar-refractivity contribution in [2.75, 3.05) is 41.2 Å². The van der Waals surface area contributed by atoms with Crippen molar-refractivity contribution in [1.82, 2.24) is 4.90 Å². The second kappa shape index (κ2) is 8.45. The van der Waals surface area contributed by atoms with E-state index in [-0.39, 0.29) is 18.4 Å². The molecule has 2 aromatic carbocycles. The Kier molecular flexibility index (Phi) is 5.40. The molecule has 3 aliphatic heterocycles. The fraction of sp³-hybridized carbons (Fsp3) is 0.556.